The number of alkyl halides is 3. The van der Waals surface area contributed by atoms with Crippen molar-refractivity contribution >= 4 is 17.2 Å². The van der Waals surface area contributed by atoms with Gasteiger partial charge in [0.2, 0.25) is 0 Å². The number of aromatic amines is 1. The molecule has 0 unspecified atom stereocenters. The van der Waals surface area contributed by atoms with Gasteiger partial charge in [0.25, 0.3) is 5.91 Å². The molecule has 2 heterocycles. The number of thiophene rings is 1. The van der Waals surface area contributed by atoms with Gasteiger partial charge in [-0.05, 0) is 29.6 Å². The molecule has 0 fully saturated rings. The van der Waals surface area contributed by atoms with Crippen LogP contribution in [0, 0.1) is 0 Å². The number of hydrogen-bond donors (Lipinski definition) is 2. The van der Waals surface area contributed by atoms with E-state index in [4.69, 9.17) is 4.74 Å². The fraction of sp³-hybridized carbons (Fsp3) is 0.263. The first-order valence-corrected chi connectivity index (χ1v) is 9.54. The SMILES string of the molecule is CC.COc1ccsc1-c1cc(CNC(=O)c2ccccc2OC(F)(F)F)[nH]n1. The number of amides is 1. The van der Waals surface area contributed by atoms with Crippen LogP contribution in [-0.4, -0.2) is 29.6 Å². The molecule has 3 aromatic rings. The first-order valence-electron chi connectivity index (χ1n) is 8.66. The zero-order valence-corrected chi connectivity index (χ0v) is 16.8. The van der Waals surface area contributed by atoms with Crippen LogP contribution in [0.2, 0.25) is 0 Å². The van der Waals surface area contributed by atoms with E-state index in [0.717, 1.165) is 10.9 Å². The molecule has 0 atom stereocenters. The summed E-state index contributed by atoms with van der Waals surface area (Å²) in [6.45, 7) is 4.06. The third-order valence-electron chi connectivity index (χ3n) is 3.51. The molecule has 0 aliphatic carbocycles. The second-order valence-electron chi connectivity index (χ2n) is 5.32. The van der Waals surface area contributed by atoms with Gasteiger partial charge in [0.15, 0.2) is 0 Å². The van der Waals surface area contributed by atoms with E-state index in [1.54, 1.807) is 13.2 Å². The second kappa shape index (κ2) is 9.97. The smallest absolute Gasteiger partial charge is 0.495 e. The van der Waals surface area contributed by atoms with Gasteiger partial charge in [-0.3, -0.25) is 9.89 Å². The number of nitrogens with one attached hydrogen (secondary N) is 2. The summed E-state index contributed by atoms with van der Waals surface area (Å²) < 4.78 is 46.5. The highest BCUT2D eigenvalue weighted by atomic mass is 32.1. The van der Waals surface area contributed by atoms with Crippen molar-refractivity contribution in [2.24, 2.45) is 0 Å². The summed E-state index contributed by atoms with van der Waals surface area (Å²) >= 11 is 1.45. The zero-order chi connectivity index (χ0) is 21.4. The maximum atomic E-state index is 12.5. The van der Waals surface area contributed by atoms with Gasteiger partial charge in [-0.15, -0.1) is 24.5 Å². The molecule has 1 amide bonds. The molecule has 2 N–H and O–H groups in total. The summed E-state index contributed by atoms with van der Waals surface area (Å²) in [5, 5.41) is 11.4. The number of H-pyrrole nitrogens is 1. The number of ether oxygens (including phenoxy) is 2. The third kappa shape index (κ3) is 5.98. The van der Waals surface area contributed by atoms with Crippen LogP contribution in [0.5, 0.6) is 11.5 Å². The topological polar surface area (TPSA) is 76.2 Å². The molecule has 0 bridgehead atoms. The Morgan fingerprint density at radius 3 is 2.62 bits per heavy atom. The largest absolute Gasteiger partial charge is 0.573 e. The van der Waals surface area contributed by atoms with Gasteiger partial charge in [0.05, 0.1) is 29.8 Å². The van der Waals surface area contributed by atoms with Gasteiger partial charge in [-0.1, -0.05) is 26.0 Å². The zero-order valence-electron chi connectivity index (χ0n) is 16.0. The van der Waals surface area contributed by atoms with Gasteiger partial charge in [-0.2, -0.15) is 5.10 Å². The van der Waals surface area contributed by atoms with Crippen molar-refractivity contribution in [2.75, 3.05) is 7.11 Å². The van der Waals surface area contributed by atoms with Crippen LogP contribution >= 0.6 is 11.3 Å². The minimum Gasteiger partial charge on any atom is -0.495 e. The lowest BCUT2D eigenvalue weighted by molar-refractivity contribution is -0.274. The van der Waals surface area contributed by atoms with Crippen molar-refractivity contribution in [1.29, 1.82) is 0 Å². The number of aromatic nitrogens is 2. The molecule has 10 heteroatoms. The molecule has 1 aromatic carbocycles. The Bertz CT molecular complexity index is 938. The maximum Gasteiger partial charge on any atom is 0.573 e. The lowest BCUT2D eigenvalue weighted by atomic mass is 10.2. The van der Waals surface area contributed by atoms with E-state index in [1.165, 1.54) is 29.5 Å². The van der Waals surface area contributed by atoms with Crippen LogP contribution in [0.4, 0.5) is 13.2 Å². The number of carbonyl (C=O) groups excluding carboxylic acids is 1. The fourth-order valence-corrected chi connectivity index (χ4v) is 3.17. The number of halogens is 3. The molecule has 2 aromatic heterocycles. The highest BCUT2D eigenvalue weighted by Crippen LogP contribution is 2.34. The third-order valence-corrected chi connectivity index (χ3v) is 4.43. The van der Waals surface area contributed by atoms with E-state index in [0.29, 0.717) is 17.1 Å². The van der Waals surface area contributed by atoms with Crippen molar-refractivity contribution in [3.05, 3.63) is 53.0 Å². The fourth-order valence-electron chi connectivity index (χ4n) is 2.35. The average molecular weight is 427 g/mol. The van der Waals surface area contributed by atoms with Crippen molar-refractivity contribution in [2.45, 2.75) is 26.8 Å². The van der Waals surface area contributed by atoms with Gasteiger partial charge < -0.3 is 14.8 Å². The summed E-state index contributed by atoms with van der Waals surface area (Å²) in [7, 11) is 1.56. The second-order valence-corrected chi connectivity index (χ2v) is 6.24. The molecule has 0 aliphatic heterocycles. The first-order chi connectivity index (χ1) is 13.9. The number of rotatable bonds is 6. The normalized spacial score (nSPS) is 10.7. The molecule has 29 heavy (non-hydrogen) atoms. The molecule has 0 spiro atoms. The molecule has 0 saturated heterocycles. The van der Waals surface area contributed by atoms with Gasteiger partial charge >= 0.3 is 6.36 Å². The van der Waals surface area contributed by atoms with Crippen LogP contribution in [0.3, 0.4) is 0 Å². The van der Waals surface area contributed by atoms with E-state index in [9.17, 15) is 18.0 Å². The Kier molecular flexibility index (Phi) is 7.66. The Morgan fingerprint density at radius 2 is 1.93 bits per heavy atom. The van der Waals surface area contributed by atoms with Gasteiger partial charge in [0, 0.05) is 0 Å². The van der Waals surface area contributed by atoms with Crippen LogP contribution < -0.4 is 14.8 Å². The molecule has 0 saturated carbocycles. The number of nitrogens with zero attached hydrogens (tertiary/aromatic N) is 1. The number of carbonyl (C=O) groups is 1. The lowest BCUT2D eigenvalue weighted by Crippen LogP contribution is -2.25. The van der Waals surface area contributed by atoms with Crippen LogP contribution in [0.1, 0.15) is 29.9 Å². The standard InChI is InChI=1S/C17H14F3N3O3S.C2H6/c1-25-14-6-7-27-15(14)12-8-10(22-23-12)9-21-16(24)11-4-2-3-5-13(11)26-17(18,19)20;1-2/h2-8H,9H2,1H3,(H,21,24)(H,22,23);1-2H3. The minimum absolute atomic E-state index is 0.0554. The molecule has 3 rings (SSSR count). The maximum absolute atomic E-state index is 12.5. The predicted octanol–water partition coefficient (Wildman–Crippen LogP) is 5.00. The monoisotopic (exact) mass is 427 g/mol. The highest BCUT2D eigenvalue weighted by molar-refractivity contribution is 7.14. The van der Waals surface area contributed by atoms with Crippen LogP contribution in [0.25, 0.3) is 10.6 Å². The molecule has 156 valence electrons. The summed E-state index contributed by atoms with van der Waals surface area (Å²) in [6.07, 6.45) is -4.88. The van der Waals surface area contributed by atoms with Crippen LogP contribution in [0.15, 0.2) is 41.8 Å². The Labute approximate surface area is 169 Å². The van der Waals surface area contributed by atoms with Crippen molar-refractivity contribution in [1.82, 2.24) is 15.5 Å². The average Bonchev–Trinajstić information content (AvgIpc) is 3.35. The first kappa shape index (κ1) is 22.3. The molecule has 0 radical (unpaired) electrons. The number of para-hydroxylation sites is 1. The van der Waals surface area contributed by atoms with Gasteiger partial charge in [-0.25, -0.2) is 0 Å². The Hall–Kier alpha value is -3.01. The van der Waals surface area contributed by atoms with Gasteiger partial charge in [0.1, 0.15) is 17.2 Å². The summed E-state index contributed by atoms with van der Waals surface area (Å²) in [5.74, 6) is -0.573. The summed E-state index contributed by atoms with van der Waals surface area (Å²) in [4.78, 5) is 13.1. The van der Waals surface area contributed by atoms with Crippen molar-refractivity contribution in [3.8, 4) is 22.1 Å². The quantitative estimate of drug-likeness (QED) is 0.580. The van der Waals surface area contributed by atoms with Crippen molar-refractivity contribution < 1.29 is 27.4 Å². The summed E-state index contributed by atoms with van der Waals surface area (Å²) in [5.41, 5.74) is 1.02. The highest BCUT2D eigenvalue weighted by Gasteiger charge is 2.32. The molecule has 0 aliphatic rings. The molecular weight excluding hydrogens is 407 g/mol. The van der Waals surface area contributed by atoms with E-state index in [1.807, 2.05) is 25.3 Å². The number of methoxy groups -OCH3 is 1. The van der Waals surface area contributed by atoms with Crippen LogP contribution in [-0.2, 0) is 6.54 Å². The van der Waals surface area contributed by atoms with E-state index in [-0.39, 0.29) is 12.1 Å². The lowest BCUT2D eigenvalue weighted by Gasteiger charge is -2.12. The Balaban J connectivity index is 0.00000145. The predicted molar refractivity (Wildman–Crippen MR) is 104 cm³/mol. The molecular formula is C19H20F3N3O3S. The molecule has 6 nitrogen and oxygen atoms in total. The van der Waals surface area contributed by atoms with E-state index < -0.39 is 18.0 Å². The number of benzene rings is 1. The van der Waals surface area contributed by atoms with Crippen molar-refractivity contribution in [3.63, 3.8) is 0 Å². The summed E-state index contributed by atoms with van der Waals surface area (Å²) in [6, 6.07) is 8.69. The van der Waals surface area contributed by atoms with E-state index >= 15 is 0 Å². The van der Waals surface area contributed by atoms with E-state index in [2.05, 4.69) is 20.3 Å². The minimum atomic E-state index is -4.88. The number of hydrogen-bond acceptors (Lipinski definition) is 5. The Morgan fingerprint density at radius 1 is 1.21 bits per heavy atom.